The molecule has 0 aliphatic carbocycles. The lowest BCUT2D eigenvalue weighted by Gasteiger charge is -2.24. The van der Waals surface area contributed by atoms with Gasteiger partial charge in [-0.2, -0.15) is 4.98 Å². The molecule has 3 atom stereocenters. The number of hydrogen-bond acceptors (Lipinski definition) is 7. The minimum atomic E-state index is -0.0680. The van der Waals surface area contributed by atoms with Crippen LogP contribution < -0.4 is 0 Å². The summed E-state index contributed by atoms with van der Waals surface area (Å²) < 4.78 is 10.4. The highest BCUT2D eigenvalue weighted by molar-refractivity contribution is 5.78. The third-order valence-electron chi connectivity index (χ3n) is 4.61. The van der Waals surface area contributed by atoms with Gasteiger partial charge >= 0.3 is 5.97 Å². The molecule has 0 amide bonds. The van der Waals surface area contributed by atoms with Crippen LogP contribution in [0, 0.1) is 0 Å². The van der Waals surface area contributed by atoms with Crippen molar-refractivity contribution in [1.82, 2.24) is 19.9 Å². The second-order valence-electron chi connectivity index (χ2n) is 6.31. The standard InChI is InChI=1S/C15H24N4O3/c1-4-14-16-13(17-22-14)9-18(3)11-5-6-19(8-11)12-7-10(2)21-15(12)20/h10-12H,4-9H2,1-3H3. The van der Waals surface area contributed by atoms with Crippen LogP contribution in [0.15, 0.2) is 4.52 Å². The van der Waals surface area contributed by atoms with Gasteiger partial charge in [0.1, 0.15) is 12.1 Å². The molecule has 0 spiro atoms. The van der Waals surface area contributed by atoms with Gasteiger partial charge < -0.3 is 9.26 Å². The number of carbonyl (C=O) groups is 1. The smallest absolute Gasteiger partial charge is 0.323 e. The number of esters is 1. The highest BCUT2D eigenvalue weighted by Crippen LogP contribution is 2.25. The number of rotatable bonds is 5. The molecule has 3 heterocycles. The Hall–Kier alpha value is -1.47. The summed E-state index contributed by atoms with van der Waals surface area (Å²) in [4.78, 5) is 20.7. The largest absolute Gasteiger partial charge is 0.461 e. The van der Waals surface area contributed by atoms with Gasteiger partial charge in [-0.15, -0.1) is 0 Å². The number of carbonyl (C=O) groups excluding carboxylic acids is 1. The summed E-state index contributed by atoms with van der Waals surface area (Å²) >= 11 is 0. The highest BCUT2D eigenvalue weighted by Gasteiger charge is 2.40. The van der Waals surface area contributed by atoms with E-state index in [4.69, 9.17) is 9.26 Å². The molecule has 2 saturated heterocycles. The van der Waals surface area contributed by atoms with Crippen LogP contribution in [-0.4, -0.2) is 64.2 Å². The first-order valence-electron chi connectivity index (χ1n) is 8.03. The zero-order valence-electron chi connectivity index (χ0n) is 13.5. The zero-order valence-corrected chi connectivity index (χ0v) is 13.5. The molecule has 7 nitrogen and oxygen atoms in total. The van der Waals surface area contributed by atoms with Crippen LogP contribution in [0.5, 0.6) is 0 Å². The van der Waals surface area contributed by atoms with E-state index in [0.717, 1.165) is 38.2 Å². The monoisotopic (exact) mass is 308 g/mol. The fraction of sp³-hybridized carbons (Fsp3) is 0.800. The van der Waals surface area contributed by atoms with E-state index in [1.54, 1.807) is 0 Å². The second kappa shape index (κ2) is 6.34. The highest BCUT2D eigenvalue weighted by atomic mass is 16.6. The van der Waals surface area contributed by atoms with Gasteiger partial charge in [-0.1, -0.05) is 12.1 Å². The molecule has 0 bridgehead atoms. The first kappa shape index (κ1) is 15.4. The number of likely N-dealkylation sites (tertiary alicyclic amines) is 1. The van der Waals surface area contributed by atoms with E-state index in [2.05, 4.69) is 27.0 Å². The number of aromatic nitrogens is 2. The molecule has 0 N–H and O–H groups in total. The number of nitrogens with zero attached hydrogens (tertiary/aromatic N) is 4. The van der Waals surface area contributed by atoms with E-state index in [9.17, 15) is 4.79 Å². The van der Waals surface area contributed by atoms with Gasteiger partial charge in [0, 0.05) is 32.0 Å². The van der Waals surface area contributed by atoms with Crippen molar-refractivity contribution in [2.24, 2.45) is 0 Å². The number of hydrogen-bond donors (Lipinski definition) is 0. The molecule has 22 heavy (non-hydrogen) atoms. The normalized spacial score (nSPS) is 29.5. The molecule has 3 unspecified atom stereocenters. The molecule has 2 aliphatic heterocycles. The van der Waals surface area contributed by atoms with Crippen molar-refractivity contribution in [3.63, 3.8) is 0 Å². The average molecular weight is 308 g/mol. The molecule has 1 aromatic rings. The van der Waals surface area contributed by atoms with Crippen molar-refractivity contribution < 1.29 is 14.1 Å². The fourth-order valence-corrected chi connectivity index (χ4v) is 3.29. The number of ether oxygens (including phenoxy) is 1. The quantitative estimate of drug-likeness (QED) is 0.746. The van der Waals surface area contributed by atoms with Crippen LogP contribution >= 0.6 is 0 Å². The van der Waals surface area contributed by atoms with Crippen LogP contribution in [-0.2, 0) is 22.5 Å². The van der Waals surface area contributed by atoms with Crippen molar-refractivity contribution in [3.8, 4) is 0 Å². The molecule has 0 saturated carbocycles. The van der Waals surface area contributed by atoms with Gasteiger partial charge in [0.25, 0.3) is 0 Å². The number of cyclic esters (lactones) is 1. The Morgan fingerprint density at radius 2 is 2.27 bits per heavy atom. The van der Waals surface area contributed by atoms with Gasteiger partial charge in [-0.25, -0.2) is 0 Å². The van der Waals surface area contributed by atoms with E-state index in [-0.39, 0.29) is 18.1 Å². The maximum absolute atomic E-state index is 11.9. The predicted octanol–water partition coefficient (Wildman–Crippen LogP) is 0.842. The van der Waals surface area contributed by atoms with Crippen molar-refractivity contribution in [3.05, 3.63) is 11.7 Å². The topological polar surface area (TPSA) is 71.7 Å². The van der Waals surface area contributed by atoms with Crippen LogP contribution in [0.2, 0.25) is 0 Å². The van der Waals surface area contributed by atoms with Crippen LogP contribution in [0.4, 0.5) is 0 Å². The van der Waals surface area contributed by atoms with E-state index >= 15 is 0 Å². The third kappa shape index (κ3) is 3.15. The molecule has 2 aliphatic rings. The van der Waals surface area contributed by atoms with Crippen molar-refractivity contribution in [1.29, 1.82) is 0 Å². The first-order chi connectivity index (χ1) is 10.6. The summed E-state index contributed by atoms with van der Waals surface area (Å²) in [5.74, 6) is 1.34. The molecule has 0 radical (unpaired) electrons. The summed E-state index contributed by atoms with van der Waals surface area (Å²) in [7, 11) is 2.08. The lowest BCUT2D eigenvalue weighted by atomic mass is 10.1. The molecule has 7 heteroatoms. The van der Waals surface area contributed by atoms with Crippen LogP contribution in [0.3, 0.4) is 0 Å². The molecule has 122 valence electrons. The van der Waals surface area contributed by atoms with Crippen LogP contribution in [0.25, 0.3) is 0 Å². The average Bonchev–Trinajstić information content (AvgIpc) is 3.18. The molecular weight excluding hydrogens is 284 g/mol. The van der Waals surface area contributed by atoms with Gasteiger partial charge in [0.15, 0.2) is 5.82 Å². The van der Waals surface area contributed by atoms with Gasteiger partial charge in [-0.3, -0.25) is 14.6 Å². The van der Waals surface area contributed by atoms with Gasteiger partial charge in [0.2, 0.25) is 5.89 Å². The second-order valence-corrected chi connectivity index (χ2v) is 6.31. The zero-order chi connectivity index (χ0) is 15.7. The van der Waals surface area contributed by atoms with E-state index in [0.29, 0.717) is 18.5 Å². The summed E-state index contributed by atoms with van der Waals surface area (Å²) in [5.41, 5.74) is 0. The first-order valence-corrected chi connectivity index (χ1v) is 8.03. The lowest BCUT2D eigenvalue weighted by Crippen LogP contribution is -2.40. The predicted molar refractivity (Wildman–Crippen MR) is 79.1 cm³/mol. The molecular formula is C15H24N4O3. The summed E-state index contributed by atoms with van der Waals surface area (Å²) in [6.45, 7) is 6.46. The maximum Gasteiger partial charge on any atom is 0.323 e. The van der Waals surface area contributed by atoms with E-state index < -0.39 is 0 Å². The Balaban J connectivity index is 1.54. The Bertz CT molecular complexity index is 533. The Morgan fingerprint density at radius 3 is 2.91 bits per heavy atom. The maximum atomic E-state index is 11.9. The molecule has 1 aromatic heterocycles. The number of likely N-dealkylation sites (N-methyl/N-ethyl adjacent to an activating group) is 1. The minimum Gasteiger partial charge on any atom is -0.461 e. The summed E-state index contributed by atoms with van der Waals surface area (Å²) in [5, 5.41) is 4.00. The minimum absolute atomic E-state index is 0.0427. The lowest BCUT2D eigenvalue weighted by molar-refractivity contribution is -0.144. The van der Waals surface area contributed by atoms with Gasteiger partial charge in [0.05, 0.1) is 6.54 Å². The summed E-state index contributed by atoms with van der Waals surface area (Å²) in [6, 6.07) is 0.345. The Kier molecular flexibility index (Phi) is 4.44. The van der Waals surface area contributed by atoms with Crippen molar-refractivity contribution in [2.75, 3.05) is 20.1 Å². The van der Waals surface area contributed by atoms with Crippen LogP contribution in [0.1, 0.15) is 38.4 Å². The van der Waals surface area contributed by atoms with Crippen molar-refractivity contribution >= 4 is 5.97 Å². The molecule has 3 rings (SSSR count). The SMILES string of the molecule is CCc1nc(CN(C)C2CCN(C3CC(C)OC3=O)C2)no1. The summed E-state index contributed by atoms with van der Waals surface area (Å²) in [6.07, 6.45) is 2.66. The Morgan fingerprint density at radius 1 is 1.45 bits per heavy atom. The molecule has 2 fully saturated rings. The Labute approximate surface area is 130 Å². The van der Waals surface area contributed by atoms with E-state index in [1.165, 1.54) is 0 Å². The molecule has 0 aromatic carbocycles. The van der Waals surface area contributed by atoms with Gasteiger partial charge in [-0.05, 0) is 20.4 Å². The fourth-order valence-electron chi connectivity index (χ4n) is 3.29. The third-order valence-corrected chi connectivity index (χ3v) is 4.61. The number of aryl methyl sites for hydroxylation is 1. The van der Waals surface area contributed by atoms with E-state index in [1.807, 2.05) is 13.8 Å². The van der Waals surface area contributed by atoms with Crippen molar-refractivity contribution in [2.45, 2.75) is 57.8 Å².